The van der Waals surface area contributed by atoms with Crippen molar-refractivity contribution in [3.05, 3.63) is 42.2 Å². The molecule has 2 aromatic rings. The van der Waals surface area contributed by atoms with Crippen molar-refractivity contribution in [2.45, 2.75) is 6.92 Å². The Morgan fingerprint density at radius 1 is 1.13 bits per heavy atom. The first-order valence-corrected chi connectivity index (χ1v) is 4.70. The quantitative estimate of drug-likeness (QED) is 0.712. The topological polar surface area (TPSA) is 53.6 Å². The van der Waals surface area contributed by atoms with E-state index in [-0.39, 0.29) is 0 Å². The van der Waals surface area contributed by atoms with E-state index in [2.05, 4.69) is 0 Å². The van der Waals surface area contributed by atoms with Gasteiger partial charge in [-0.05, 0) is 24.5 Å². The summed E-state index contributed by atoms with van der Waals surface area (Å²) in [5.41, 5.74) is 1.30. The number of furan rings is 1. The number of benzene rings is 1. The fourth-order valence-corrected chi connectivity index (χ4v) is 1.44. The van der Waals surface area contributed by atoms with E-state index < -0.39 is 7.12 Å². The zero-order valence-corrected chi connectivity index (χ0v) is 8.34. The molecule has 4 heteroatoms. The van der Waals surface area contributed by atoms with Crippen LogP contribution in [-0.2, 0) is 0 Å². The standard InChI is InChI=1S/C11H11BO3/c1-8-5-6-11(15-8)9-3-2-4-10(7-9)12(13)14/h2-7,13-14H,1H3. The normalized spacial score (nSPS) is 10.3. The third-order valence-corrected chi connectivity index (χ3v) is 2.21. The largest absolute Gasteiger partial charge is 0.488 e. The van der Waals surface area contributed by atoms with Gasteiger partial charge in [-0.25, -0.2) is 0 Å². The third-order valence-electron chi connectivity index (χ3n) is 2.21. The van der Waals surface area contributed by atoms with Gasteiger partial charge in [0.1, 0.15) is 11.5 Å². The van der Waals surface area contributed by atoms with Crippen molar-refractivity contribution in [1.82, 2.24) is 0 Å². The van der Waals surface area contributed by atoms with Gasteiger partial charge < -0.3 is 14.5 Å². The Labute approximate surface area is 88.1 Å². The van der Waals surface area contributed by atoms with Crippen molar-refractivity contribution >= 4 is 12.6 Å². The van der Waals surface area contributed by atoms with Gasteiger partial charge in [-0.2, -0.15) is 0 Å². The fourth-order valence-electron chi connectivity index (χ4n) is 1.44. The first-order valence-electron chi connectivity index (χ1n) is 4.70. The third kappa shape index (κ3) is 2.11. The van der Waals surface area contributed by atoms with Crippen LogP contribution in [0.5, 0.6) is 0 Å². The summed E-state index contributed by atoms with van der Waals surface area (Å²) in [6.45, 7) is 1.87. The molecule has 15 heavy (non-hydrogen) atoms. The molecule has 0 amide bonds. The van der Waals surface area contributed by atoms with Gasteiger partial charge in [0.05, 0.1) is 0 Å². The number of hydrogen-bond donors (Lipinski definition) is 2. The van der Waals surface area contributed by atoms with E-state index >= 15 is 0 Å². The Kier molecular flexibility index (Phi) is 2.62. The van der Waals surface area contributed by atoms with Crippen molar-refractivity contribution in [3.8, 4) is 11.3 Å². The molecule has 0 bridgehead atoms. The van der Waals surface area contributed by atoms with Crippen LogP contribution in [0.3, 0.4) is 0 Å². The molecule has 0 saturated heterocycles. The summed E-state index contributed by atoms with van der Waals surface area (Å²) in [5, 5.41) is 18.1. The Hall–Kier alpha value is -1.52. The van der Waals surface area contributed by atoms with E-state index in [9.17, 15) is 0 Å². The summed E-state index contributed by atoms with van der Waals surface area (Å²) < 4.78 is 5.44. The average Bonchev–Trinajstić information content (AvgIpc) is 2.65. The van der Waals surface area contributed by atoms with E-state index in [4.69, 9.17) is 14.5 Å². The summed E-state index contributed by atoms with van der Waals surface area (Å²) in [5.74, 6) is 1.56. The number of rotatable bonds is 2. The molecule has 0 aliphatic rings. The summed E-state index contributed by atoms with van der Waals surface area (Å²) >= 11 is 0. The molecule has 0 spiro atoms. The number of hydrogen-bond acceptors (Lipinski definition) is 3. The summed E-state index contributed by atoms with van der Waals surface area (Å²) in [6.07, 6.45) is 0. The highest BCUT2D eigenvalue weighted by Crippen LogP contribution is 2.20. The second-order valence-corrected chi connectivity index (χ2v) is 3.41. The highest BCUT2D eigenvalue weighted by Gasteiger charge is 2.12. The van der Waals surface area contributed by atoms with Crippen LogP contribution in [0.15, 0.2) is 40.8 Å². The Morgan fingerprint density at radius 3 is 2.53 bits per heavy atom. The highest BCUT2D eigenvalue weighted by molar-refractivity contribution is 6.58. The van der Waals surface area contributed by atoms with E-state index in [1.165, 1.54) is 0 Å². The second kappa shape index (κ2) is 3.92. The van der Waals surface area contributed by atoms with Crippen LogP contribution in [0.25, 0.3) is 11.3 Å². The monoisotopic (exact) mass is 202 g/mol. The lowest BCUT2D eigenvalue weighted by Crippen LogP contribution is -2.29. The van der Waals surface area contributed by atoms with Crippen LogP contribution in [0.4, 0.5) is 0 Å². The van der Waals surface area contributed by atoms with E-state index in [1.807, 2.05) is 25.1 Å². The summed E-state index contributed by atoms with van der Waals surface area (Å²) in [7, 11) is -1.44. The molecule has 3 nitrogen and oxygen atoms in total. The maximum atomic E-state index is 9.03. The van der Waals surface area contributed by atoms with E-state index in [1.54, 1.807) is 18.2 Å². The zero-order chi connectivity index (χ0) is 10.8. The molecular formula is C11H11BO3. The SMILES string of the molecule is Cc1ccc(-c2cccc(B(O)O)c2)o1. The highest BCUT2D eigenvalue weighted by atomic mass is 16.4. The molecular weight excluding hydrogens is 191 g/mol. The molecule has 1 heterocycles. The Bertz CT molecular complexity index is 462. The molecule has 2 N–H and O–H groups in total. The van der Waals surface area contributed by atoms with Crippen LogP contribution in [0.1, 0.15) is 5.76 Å². The van der Waals surface area contributed by atoms with Crippen molar-refractivity contribution in [1.29, 1.82) is 0 Å². The second-order valence-electron chi connectivity index (χ2n) is 3.41. The molecule has 0 aliphatic heterocycles. The molecule has 76 valence electrons. The molecule has 0 atom stereocenters. The predicted octanol–water partition coefficient (Wildman–Crippen LogP) is 0.935. The molecule has 0 aliphatic carbocycles. The maximum absolute atomic E-state index is 9.03. The first kappa shape index (κ1) is 10.0. The van der Waals surface area contributed by atoms with E-state index in [0.717, 1.165) is 17.1 Å². The minimum absolute atomic E-state index is 0.460. The zero-order valence-electron chi connectivity index (χ0n) is 8.34. The lowest BCUT2D eigenvalue weighted by Gasteiger charge is -2.01. The predicted molar refractivity (Wildman–Crippen MR) is 58.7 cm³/mol. The minimum atomic E-state index is -1.44. The summed E-state index contributed by atoms with van der Waals surface area (Å²) in [6, 6.07) is 10.7. The molecule has 1 aromatic carbocycles. The molecule has 0 radical (unpaired) electrons. The molecule has 1 aromatic heterocycles. The van der Waals surface area contributed by atoms with Gasteiger partial charge in [0.2, 0.25) is 0 Å². The van der Waals surface area contributed by atoms with Crippen molar-refractivity contribution in [2.24, 2.45) is 0 Å². The maximum Gasteiger partial charge on any atom is 0.488 e. The van der Waals surface area contributed by atoms with Crippen molar-refractivity contribution in [3.63, 3.8) is 0 Å². The van der Waals surface area contributed by atoms with Gasteiger partial charge >= 0.3 is 7.12 Å². The first-order chi connectivity index (χ1) is 7.16. The van der Waals surface area contributed by atoms with Crippen LogP contribution in [-0.4, -0.2) is 17.2 Å². The molecule has 0 unspecified atom stereocenters. The Balaban J connectivity index is 2.41. The summed E-state index contributed by atoms with van der Waals surface area (Å²) in [4.78, 5) is 0. The van der Waals surface area contributed by atoms with Crippen LogP contribution >= 0.6 is 0 Å². The van der Waals surface area contributed by atoms with Gasteiger partial charge in [0.25, 0.3) is 0 Å². The van der Waals surface area contributed by atoms with Crippen molar-refractivity contribution < 1.29 is 14.5 Å². The van der Waals surface area contributed by atoms with Crippen LogP contribution in [0.2, 0.25) is 0 Å². The smallest absolute Gasteiger partial charge is 0.461 e. The molecule has 2 rings (SSSR count). The van der Waals surface area contributed by atoms with Crippen LogP contribution < -0.4 is 5.46 Å². The minimum Gasteiger partial charge on any atom is -0.461 e. The fraction of sp³-hybridized carbons (Fsp3) is 0.0909. The van der Waals surface area contributed by atoms with E-state index in [0.29, 0.717) is 5.46 Å². The molecule has 0 saturated carbocycles. The molecule has 0 fully saturated rings. The van der Waals surface area contributed by atoms with Gasteiger partial charge in [-0.1, -0.05) is 24.3 Å². The van der Waals surface area contributed by atoms with Gasteiger partial charge in [0.15, 0.2) is 0 Å². The van der Waals surface area contributed by atoms with Gasteiger partial charge in [0, 0.05) is 5.56 Å². The average molecular weight is 202 g/mol. The van der Waals surface area contributed by atoms with Crippen LogP contribution in [0, 0.1) is 6.92 Å². The van der Waals surface area contributed by atoms with Gasteiger partial charge in [-0.15, -0.1) is 0 Å². The lowest BCUT2D eigenvalue weighted by molar-refractivity contribution is 0.426. The lowest BCUT2D eigenvalue weighted by atomic mass is 9.79. The Morgan fingerprint density at radius 2 is 1.93 bits per heavy atom. The van der Waals surface area contributed by atoms with Gasteiger partial charge in [-0.3, -0.25) is 0 Å². The van der Waals surface area contributed by atoms with Crippen molar-refractivity contribution in [2.75, 3.05) is 0 Å². The number of aryl methyl sites for hydroxylation is 1.